The van der Waals surface area contributed by atoms with Crippen molar-refractivity contribution >= 4 is 21.4 Å². The molecule has 1 aliphatic carbocycles. The van der Waals surface area contributed by atoms with Crippen LogP contribution in [-0.2, 0) is 10.0 Å². The second-order valence-electron chi connectivity index (χ2n) is 4.94. The second-order valence-corrected chi connectivity index (χ2v) is 6.93. The van der Waals surface area contributed by atoms with Crippen molar-refractivity contribution in [3.8, 4) is 0 Å². The first-order chi connectivity index (χ1) is 9.34. The van der Waals surface area contributed by atoms with E-state index >= 15 is 0 Å². The molecule has 20 heavy (non-hydrogen) atoms. The Labute approximate surface area is 117 Å². The molecule has 2 N–H and O–H groups in total. The molecule has 1 saturated carbocycles. The highest BCUT2D eigenvalue weighted by Gasteiger charge is 2.31. The SMILES string of the molecule is CN(C1CCCC1)S(=O)(=O)c1ccc(N)c([N+](=O)[O-])c1. The third-order valence-electron chi connectivity index (χ3n) is 3.71. The van der Waals surface area contributed by atoms with Crippen molar-refractivity contribution in [1.82, 2.24) is 4.31 Å². The largest absolute Gasteiger partial charge is 0.393 e. The lowest BCUT2D eigenvalue weighted by Crippen LogP contribution is -2.35. The van der Waals surface area contributed by atoms with E-state index in [1.165, 1.54) is 23.5 Å². The van der Waals surface area contributed by atoms with Gasteiger partial charge in [0.25, 0.3) is 5.69 Å². The predicted octanol–water partition coefficient (Wildman–Crippen LogP) is 1.74. The van der Waals surface area contributed by atoms with Gasteiger partial charge in [0.05, 0.1) is 9.82 Å². The highest BCUT2D eigenvalue weighted by atomic mass is 32.2. The van der Waals surface area contributed by atoms with E-state index in [1.54, 1.807) is 0 Å². The summed E-state index contributed by atoms with van der Waals surface area (Å²) in [7, 11) is -2.20. The van der Waals surface area contributed by atoms with Crippen LogP contribution in [0.3, 0.4) is 0 Å². The van der Waals surface area contributed by atoms with Crippen molar-refractivity contribution in [2.24, 2.45) is 0 Å². The van der Waals surface area contributed by atoms with Crippen molar-refractivity contribution < 1.29 is 13.3 Å². The smallest absolute Gasteiger partial charge is 0.293 e. The van der Waals surface area contributed by atoms with Crippen molar-refractivity contribution in [2.45, 2.75) is 36.6 Å². The molecule has 110 valence electrons. The van der Waals surface area contributed by atoms with Gasteiger partial charge in [0.15, 0.2) is 0 Å². The first-order valence-corrected chi connectivity index (χ1v) is 7.80. The Balaban J connectivity index is 2.38. The van der Waals surface area contributed by atoms with Crippen molar-refractivity contribution in [2.75, 3.05) is 12.8 Å². The average Bonchev–Trinajstić information content (AvgIpc) is 2.91. The maximum absolute atomic E-state index is 12.5. The standard InChI is InChI=1S/C12H17N3O4S/c1-14(9-4-2-3-5-9)20(18,19)10-6-7-11(13)12(8-10)15(16)17/h6-9H,2-5,13H2,1H3. The van der Waals surface area contributed by atoms with Gasteiger partial charge in [0, 0.05) is 19.2 Å². The number of sulfonamides is 1. The maximum Gasteiger partial charge on any atom is 0.293 e. The molecular weight excluding hydrogens is 282 g/mol. The number of benzene rings is 1. The van der Waals surface area contributed by atoms with Crippen molar-refractivity contribution in [3.63, 3.8) is 0 Å². The molecule has 0 atom stereocenters. The van der Waals surface area contributed by atoms with Crippen molar-refractivity contribution in [3.05, 3.63) is 28.3 Å². The van der Waals surface area contributed by atoms with Crippen LogP contribution in [-0.4, -0.2) is 30.7 Å². The van der Waals surface area contributed by atoms with Gasteiger partial charge >= 0.3 is 0 Å². The Morgan fingerprint density at radius 3 is 2.50 bits per heavy atom. The fraction of sp³-hybridized carbons (Fsp3) is 0.500. The number of nitrogen functional groups attached to an aromatic ring is 1. The number of nitro benzene ring substituents is 1. The lowest BCUT2D eigenvalue weighted by Gasteiger charge is -2.23. The molecule has 0 aromatic heterocycles. The molecule has 1 fully saturated rings. The summed E-state index contributed by atoms with van der Waals surface area (Å²) in [6.45, 7) is 0. The van der Waals surface area contributed by atoms with Crippen LogP contribution in [0.15, 0.2) is 23.1 Å². The van der Waals surface area contributed by atoms with Crippen LogP contribution in [0.2, 0.25) is 0 Å². The van der Waals surface area contributed by atoms with Crippen LogP contribution < -0.4 is 5.73 Å². The summed E-state index contributed by atoms with van der Waals surface area (Å²) in [5, 5.41) is 10.8. The van der Waals surface area contributed by atoms with Gasteiger partial charge in [-0.2, -0.15) is 4.31 Å². The first kappa shape index (κ1) is 14.7. The van der Waals surface area contributed by atoms with E-state index in [4.69, 9.17) is 5.73 Å². The zero-order chi connectivity index (χ0) is 14.9. The highest BCUT2D eigenvalue weighted by molar-refractivity contribution is 7.89. The average molecular weight is 299 g/mol. The third kappa shape index (κ3) is 2.61. The third-order valence-corrected chi connectivity index (χ3v) is 5.62. The van der Waals surface area contributed by atoms with Crippen LogP contribution in [0, 0.1) is 10.1 Å². The Kier molecular flexibility index (Phi) is 3.96. The van der Waals surface area contributed by atoms with Crippen LogP contribution in [0.4, 0.5) is 11.4 Å². The fourth-order valence-corrected chi connectivity index (χ4v) is 3.91. The maximum atomic E-state index is 12.5. The lowest BCUT2D eigenvalue weighted by molar-refractivity contribution is -0.384. The molecule has 2 rings (SSSR count). The van der Waals surface area contributed by atoms with Gasteiger partial charge in [-0.15, -0.1) is 0 Å². The molecule has 0 unspecified atom stereocenters. The number of nitro groups is 1. The number of nitrogens with two attached hydrogens (primary N) is 1. The summed E-state index contributed by atoms with van der Waals surface area (Å²) >= 11 is 0. The Bertz CT molecular complexity index is 624. The van der Waals surface area contributed by atoms with E-state index in [1.807, 2.05) is 0 Å². The number of nitrogens with zero attached hydrogens (tertiary/aromatic N) is 2. The minimum Gasteiger partial charge on any atom is -0.393 e. The van der Waals surface area contributed by atoms with Crippen LogP contribution in [0.25, 0.3) is 0 Å². The number of rotatable bonds is 4. The molecule has 0 heterocycles. The summed E-state index contributed by atoms with van der Waals surface area (Å²) in [5.41, 5.74) is 5.05. The van der Waals surface area contributed by atoms with Gasteiger partial charge in [-0.1, -0.05) is 12.8 Å². The molecule has 0 bridgehead atoms. The van der Waals surface area contributed by atoms with Gasteiger partial charge < -0.3 is 5.73 Å². The normalized spacial score (nSPS) is 16.7. The van der Waals surface area contributed by atoms with E-state index in [0.717, 1.165) is 31.7 Å². The molecular formula is C12H17N3O4S. The zero-order valence-corrected chi connectivity index (χ0v) is 12.0. The van der Waals surface area contributed by atoms with Gasteiger partial charge in [-0.05, 0) is 25.0 Å². The number of anilines is 1. The molecule has 0 radical (unpaired) electrons. The van der Waals surface area contributed by atoms with Crippen molar-refractivity contribution in [1.29, 1.82) is 0 Å². The molecule has 8 heteroatoms. The topological polar surface area (TPSA) is 107 Å². The highest BCUT2D eigenvalue weighted by Crippen LogP contribution is 2.30. The Morgan fingerprint density at radius 1 is 1.35 bits per heavy atom. The van der Waals surface area contributed by atoms with Crippen LogP contribution in [0.5, 0.6) is 0 Å². The van der Waals surface area contributed by atoms with E-state index in [0.29, 0.717) is 0 Å². The molecule has 0 aliphatic heterocycles. The minimum atomic E-state index is -3.72. The number of hydrogen-bond acceptors (Lipinski definition) is 5. The predicted molar refractivity (Wildman–Crippen MR) is 74.7 cm³/mol. The quantitative estimate of drug-likeness (QED) is 0.517. The lowest BCUT2D eigenvalue weighted by atomic mass is 10.3. The molecule has 1 aromatic rings. The van der Waals surface area contributed by atoms with E-state index in [9.17, 15) is 18.5 Å². The zero-order valence-electron chi connectivity index (χ0n) is 11.2. The molecule has 7 nitrogen and oxygen atoms in total. The minimum absolute atomic E-state index is 0.0309. The summed E-state index contributed by atoms with van der Waals surface area (Å²) in [6, 6.07) is 3.56. The monoisotopic (exact) mass is 299 g/mol. The Morgan fingerprint density at radius 2 is 1.95 bits per heavy atom. The van der Waals surface area contributed by atoms with Gasteiger partial charge in [0.1, 0.15) is 5.69 Å². The van der Waals surface area contributed by atoms with E-state index in [-0.39, 0.29) is 22.3 Å². The number of hydrogen-bond donors (Lipinski definition) is 1. The fourth-order valence-electron chi connectivity index (χ4n) is 2.47. The Hall–Kier alpha value is -1.67. The molecule has 0 spiro atoms. The summed E-state index contributed by atoms with van der Waals surface area (Å²) < 4.78 is 26.3. The summed E-state index contributed by atoms with van der Waals surface area (Å²) in [4.78, 5) is 10.1. The molecule has 1 aliphatic rings. The first-order valence-electron chi connectivity index (χ1n) is 6.36. The molecule has 0 saturated heterocycles. The van der Waals surface area contributed by atoms with E-state index in [2.05, 4.69) is 0 Å². The summed E-state index contributed by atoms with van der Waals surface area (Å²) in [5.74, 6) is 0. The second kappa shape index (κ2) is 5.37. The van der Waals surface area contributed by atoms with Gasteiger partial charge in [-0.25, -0.2) is 8.42 Å². The van der Waals surface area contributed by atoms with Crippen LogP contribution >= 0.6 is 0 Å². The van der Waals surface area contributed by atoms with Crippen LogP contribution in [0.1, 0.15) is 25.7 Å². The van der Waals surface area contributed by atoms with E-state index < -0.39 is 14.9 Å². The molecule has 0 amide bonds. The van der Waals surface area contributed by atoms with Gasteiger partial charge in [0.2, 0.25) is 10.0 Å². The van der Waals surface area contributed by atoms with Gasteiger partial charge in [-0.3, -0.25) is 10.1 Å². The molecule has 1 aromatic carbocycles. The summed E-state index contributed by atoms with van der Waals surface area (Å²) in [6.07, 6.45) is 3.67.